The topological polar surface area (TPSA) is 88.4 Å². The molecule has 1 N–H and O–H groups in total. The Bertz CT molecular complexity index is 787. The molecule has 0 saturated carbocycles. The summed E-state index contributed by atoms with van der Waals surface area (Å²) in [5.74, 6) is -0.303. The smallest absolute Gasteiger partial charge is 0.272 e. The zero-order chi connectivity index (χ0) is 16.6. The van der Waals surface area contributed by atoms with Crippen LogP contribution in [0.15, 0.2) is 18.2 Å². The predicted octanol–water partition coefficient (Wildman–Crippen LogP) is 2.60. The zero-order valence-corrected chi connectivity index (χ0v) is 13.6. The van der Waals surface area contributed by atoms with Gasteiger partial charge in [0.1, 0.15) is 0 Å². The number of hydrogen-bond acceptors (Lipinski definition) is 6. The van der Waals surface area contributed by atoms with Gasteiger partial charge >= 0.3 is 0 Å². The van der Waals surface area contributed by atoms with Crippen LogP contribution in [0, 0.1) is 17.0 Å². The predicted molar refractivity (Wildman–Crippen MR) is 87.9 cm³/mol. The summed E-state index contributed by atoms with van der Waals surface area (Å²) in [6.07, 6.45) is 0.884. The summed E-state index contributed by atoms with van der Waals surface area (Å²) in [7, 11) is 2.06. The lowest BCUT2D eigenvalue weighted by atomic mass is 10.1. The average Bonchev–Trinajstić information content (AvgIpc) is 2.87. The molecule has 0 spiro atoms. The Hall–Kier alpha value is -2.32. The number of aromatic nitrogens is 1. The highest BCUT2D eigenvalue weighted by atomic mass is 32.1. The molecular formula is C15H16N4O3S. The van der Waals surface area contributed by atoms with Crippen LogP contribution in [0.3, 0.4) is 0 Å². The molecule has 3 rings (SSSR count). The number of carbonyl (C=O) groups excluding carboxylic acids is 1. The van der Waals surface area contributed by atoms with Gasteiger partial charge in [0.15, 0.2) is 5.13 Å². The Balaban J connectivity index is 1.77. The van der Waals surface area contributed by atoms with Crippen molar-refractivity contribution in [1.29, 1.82) is 0 Å². The number of likely N-dealkylation sites (N-methyl/N-ethyl adjacent to an activating group) is 1. The molecule has 0 unspecified atom stereocenters. The number of thiazole rings is 1. The van der Waals surface area contributed by atoms with E-state index in [2.05, 4.69) is 22.2 Å². The van der Waals surface area contributed by atoms with Crippen molar-refractivity contribution >= 4 is 28.1 Å². The molecule has 0 fully saturated rings. The van der Waals surface area contributed by atoms with E-state index in [1.807, 2.05) is 0 Å². The minimum Gasteiger partial charge on any atom is -0.301 e. The molecule has 7 nitrogen and oxygen atoms in total. The third kappa shape index (κ3) is 3.22. The first-order chi connectivity index (χ1) is 10.9. The number of anilines is 1. The highest BCUT2D eigenvalue weighted by Crippen LogP contribution is 2.28. The number of nitro groups is 1. The van der Waals surface area contributed by atoms with E-state index in [0.717, 1.165) is 25.2 Å². The van der Waals surface area contributed by atoms with Crippen LogP contribution in [0.25, 0.3) is 0 Å². The van der Waals surface area contributed by atoms with Gasteiger partial charge in [0.2, 0.25) is 0 Å². The van der Waals surface area contributed by atoms with Gasteiger partial charge in [-0.1, -0.05) is 0 Å². The Kier molecular flexibility index (Phi) is 4.10. The van der Waals surface area contributed by atoms with Crippen LogP contribution in [0.5, 0.6) is 0 Å². The zero-order valence-electron chi connectivity index (χ0n) is 12.8. The molecule has 8 heteroatoms. The fraction of sp³-hybridized carbons (Fsp3) is 0.333. The van der Waals surface area contributed by atoms with Gasteiger partial charge in [-0.3, -0.25) is 20.2 Å². The van der Waals surface area contributed by atoms with E-state index in [4.69, 9.17) is 0 Å². The molecule has 1 aliphatic heterocycles. The monoisotopic (exact) mass is 332 g/mol. The molecule has 0 saturated heterocycles. The van der Waals surface area contributed by atoms with Gasteiger partial charge in [-0.15, -0.1) is 11.3 Å². The van der Waals surface area contributed by atoms with Gasteiger partial charge in [-0.05, 0) is 26.1 Å². The van der Waals surface area contributed by atoms with E-state index in [9.17, 15) is 14.9 Å². The van der Waals surface area contributed by atoms with Crippen molar-refractivity contribution in [2.75, 3.05) is 18.9 Å². The minimum absolute atomic E-state index is 0.00861. The van der Waals surface area contributed by atoms with Crippen LogP contribution in [0.2, 0.25) is 0 Å². The van der Waals surface area contributed by atoms with Crippen molar-refractivity contribution < 1.29 is 9.72 Å². The number of benzene rings is 1. The largest absolute Gasteiger partial charge is 0.301 e. The molecule has 0 bridgehead atoms. The maximum atomic E-state index is 12.3. The summed E-state index contributed by atoms with van der Waals surface area (Å²) >= 11 is 1.48. The maximum absolute atomic E-state index is 12.3. The fourth-order valence-electron chi connectivity index (χ4n) is 2.55. The van der Waals surface area contributed by atoms with Crippen molar-refractivity contribution in [2.45, 2.75) is 19.9 Å². The Morgan fingerprint density at radius 3 is 2.96 bits per heavy atom. The van der Waals surface area contributed by atoms with E-state index in [1.165, 1.54) is 34.4 Å². The molecular weight excluding hydrogens is 316 g/mol. The van der Waals surface area contributed by atoms with Crippen LogP contribution >= 0.6 is 11.3 Å². The number of nitrogens with one attached hydrogen (secondary N) is 1. The third-order valence-corrected chi connectivity index (χ3v) is 4.80. The summed E-state index contributed by atoms with van der Waals surface area (Å²) in [5, 5.41) is 14.2. The van der Waals surface area contributed by atoms with E-state index in [-0.39, 0.29) is 11.6 Å². The summed E-state index contributed by atoms with van der Waals surface area (Å²) in [4.78, 5) is 30.5. The lowest BCUT2D eigenvalue weighted by molar-refractivity contribution is -0.385. The number of nitro benzene ring substituents is 1. The van der Waals surface area contributed by atoms with Crippen LogP contribution < -0.4 is 5.32 Å². The van der Waals surface area contributed by atoms with Gasteiger partial charge in [0, 0.05) is 41.6 Å². The van der Waals surface area contributed by atoms with Crippen LogP contribution in [0.4, 0.5) is 10.8 Å². The van der Waals surface area contributed by atoms with Crippen molar-refractivity contribution in [3.8, 4) is 0 Å². The number of nitrogens with zero attached hydrogens (tertiary/aromatic N) is 3. The standard InChI is InChI=1S/C15H16N4O3S/c1-9-7-10(3-4-12(9)19(21)22)14(20)17-15-16-11-5-6-18(2)8-13(11)23-15/h3-4,7H,5-6,8H2,1-2H3,(H,16,17,20). The lowest BCUT2D eigenvalue weighted by Crippen LogP contribution is -2.25. The van der Waals surface area contributed by atoms with Crippen LogP contribution in [0.1, 0.15) is 26.5 Å². The number of amides is 1. The molecule has 1 amide bonds. The summed E-state index contributed by atoms with van der Waals surface area (Å²) in [6.45, 7) is 3.43. The SMILES string of the molecule is Cc1cc(C(=O)Nc2nc3c(s2)CN(C)CC3)ccc1[N+](=O)[O-]. The number of carbonyl (C=O) groups is 1. The maximum Gasteiger partial charge on any atom is 0.272 e. The van der Waals surface area contributed by atoms with Crippen molar-refractivity contribution in [3.63, 3.8) is 0 Å². The minimum atomic E-state index is -0.456. The second-order valence-electron chi connectivity index (χ2n) is 5.59. The molecule has 1 aromatic heterocycles. The molecule has 0 atom stereocenters. The second-order valence-corrected chi connectivity index (χ2v) is 6.67. The number of aryl methyl sites for hydroxylation is 1. The van der Waals surface area contributed by atoms with Crippen molar-refractivity contribution in [1.82, 2.24) is 9.88 Å². The quantitative estimate of drug-likeness (QED) is 0.689. The molecule has 2 heterocycles. The summed E-state index contributed by atoms with van der Waals surface area (Å²) in [5.41, 5.74) is 1.90. The van der Waals surface area contributed by atoms with Gasteiger partial charge in [-0.25, -0.2) is 4.98 Å². The molecule has 1 aliphatic rings. The Morgan fingerprint density at radius 2 is 2.26 bits per heavy atom. The first-order valence-corrected chi connectivity index (χ1v) is 7.99. The van der Waals surface area contributed by atoms with Crippen molar-refractivity contribution in [2.24, 2.45) is 0 Å². The molecule has 23 heavy (non-hydrogen) atoms. The van der Waals surface area contributed by atoms with Gasteiger partial charge < -0.3 is 4.90 Å². The first-order valence-electron chi connectivity index (χ1n) is 7.17. The van der Waals surface area contributed by atoms with Gasteiger partial charge in [0.25, 0.3) is 11.6 Å². The van der Waals surface area contributed by atoms with E-state index in [1.54, 1.807) is 6.92 Å². The summed E-state index contributed by atoms with van der Waals surface area (Å²) < 4.78 is 0. The number of fused-ring (bicyclic) bond motifs is 1. The van der Waals surface area contributed by atoms with Crippen LogP contribution in [-0.4, -0.2) is 34.3 Å². The van der Waals surface area contributed by atoms with E-state index >= 15 is 0 Å². The molecule has 0 radical (unpaired) electrons. The molecule has 1 aromatic carbocycles. The second kappa shape index (κ2) is 6.05. The number of rotatable bonds is 3. The fourth-order valence-corrected chi connectivity index (χ4v) is 3.63. The van der Waals surface area contributed by atoms with Gasteiger partial charge in [0.05, 0.1) is 10.6 Å². The van der Waals surface area contributed by atoms with E-state index < -0.39 is 4.92 Å². The third-order valence-electron chi connectivity index (χ3n) is 3.80. The van der Waals surface area contributed by atoms with Gasteiger partial charge in [-0.2, -0.15) is 0 Å². The highest BCUT2D eigenvalue weighted by molar-refractivity contribution is 7.15. The molecule has 120 valence electrons. The van der Waals surface area contributed by atoms with Crippen molar-refractivity contribution in [3.05, 3.63) is 50.0 Å². The Labute approximate surface area is 137 Å². The normalized spacial score (nSPS) is 14.3. The first kappa shape index (κ1) is 15.6. The molecule has 2 aromatic rings. The van der Waals surface area contributed by atoms with E-state index in [0.29, 0.717) is 16.3 Å². The lowest BCUT2D eigenvalue weighted by Gasteiger charge is -2.20. The summed E-state index contributed by atoms with van der Waals surface area (Å²) in [6, 6.07) is 4.34. The highest BCUT2D eigenvalue weighted by Gasteiger charge is 2.20. The molecule has 0 aliphatic carbocycles. The number of hydrogen-bond donors (Lipinski definition) is 1. The van der Waals surface area contributed by atoms with Crippen LogP contribution in [-0.2, 0) is 13.0 Å². The average molecular weight is 332 g/mol. The Morgan fingerprint density at radius 1 is 1.48 bits per heavy atom.